The largest absolute Gasteiger partial charge is 0.503 e. The fourth-order valence-electron chi connectivity index (χ4n) is 2.12. The summed E-state index contributed by atoms with van der Waals surface area (Å²) in [6, 6.07) is 9.49. The number of nitrogens with zero attached hydrogens (tertiary/aromatic N) is 2. The molecule has 0 aliphatic heterocycles. The Bertz CT molecular complexity index is 892. The van der Waals surface area contributed by atoms with Crippen LogP contribution in [0.5, 0.6) is 11.5 Å². The molecule has 0 saturated carbocycles. The summed E-state index contributed by atoms with van der Waals surface area (Å²) in [6.07, 6.45) is 1.64. The molecule has 2 N–H and O–H groups in total. The third-order valence-electron chi connectivity index (χ3n) is 3.26. The third kappa shape index (κ3) is 3.30. The number of phenols is 1. The molecule has 0 unspecified atom stereocenters. The molecule has 0 bridgehead atoms. The molecule has 5 nitrogen and oxygen atoms in total. The average molecular weight is 392 g/mol. The Kier molecular flexibility index (Phi) is 4.49. The smallest absolute Gasteiger partial charge is 0.204 e. The number of aryl methyl sites for hydroxylation is 1. The highest BCUT2D eigenvalue weighted by molar-refractivity contribution is 9.10. The molecule has 0 amide bonds. The number of benzene rings is 2. The van der Waals surface area contributed by atoms with Crippen LogP contribution in [0.15, 0.2) is 39.9 Å². The van der Waals surface area contributed by atoms with Gasteiger partial charge in [0, 0.05) is 0 Å². The Morgan fingerprint density at radius 3 is 2.96 bits per heavy atom. The topological polar surface area (TPSA) is 66.7 Å². The zero-order valence-corrected chi connectivity index (χ0v) is 14.9. The number of halogens is 1. The molecule has 7 heteroatoms. The van der Waals surface area contributed by atoms with Gasteiger partial charge in [-0.2, -0.15) is 5.10 Å². The quantitative estimate of drug-likeness (QED) is 0.506. The number of aromatic nitrogens is 1. The summed E-state index contributed by atoms with van der Waals surface area (Å²) in [6.45, 7) is 2.06. The molecule has 23 heavy (non-hydrogen) atoms. The highest BCUT2D eigenvalue weighted by Gasteiger charge is 2.08. The summed E-state index contributed by atoms with van der Waals surface area (Å²) in [5, 5.41) is 14.7. The second-order valence-electron chi connectivity index (χ2n) is 4.87. The van der Waals surface area contributed by atoms with E-state index in [1.165, 1.54) is 12.7 Å². The average Bonchev–Trinajstić information content (AvgIpc) is 2.95. The monoisotopic (exact) mass is 391 g/mol. The number of hydrogen-bond acceptors (Lipinski definition) is 6. The van der Waals surface area contributed by atoms with Gasteiger partial charge in [0.2, 0.25) is 5.13 Å². The van der Waals surface area contributed by atoms with E-state index >= 15 is 0 Å². The number of ether oxygens (including phenoxy) is 1. The minimum Gasteiger partial charge on any atom is -0.503 e. The maximum absolute atomic E-state index is 9.79. The number of hydrazone groups is 1. The lowest BCUT2D eigenvalue weighted by Crippen LogP contribution is -1.92. The molecule has 0 saturated heterocycles. The molecule has 1 aromatic heterocycles. The normalized spacial score (nSPS) is 11.3. The van der Waals surface area contributed by atoms with Crippen LogP contribution in [-0.4, -0.2) is 23.4 Å². The van der Waals surface area contributed by atoms with E-state index in [1.54, 1.807) is 29.7 Å². The first-order valence-electron chi connectivity index (χ1n) is 6.80. The first-order valence-corrected chi connectivity index (χ1v) is 8.41. The van der Waals surface area contributed by atoms with Crippen molar-refractivity contribution in [3.8, 4) is 11.5 Å². The van der Waals surface area contributed by atoms with Gasteiger partial charge in [-0.05, 0) is 52.2 Å². The Morgan fingerprint density at radius 1 is 1.39 bits per heavy atom. The van der Waals surface area contributed by atoms with Crippen molar-refractivity contribution in [1.29, 1.82) is 0 Å². The van der Waals surface area contributed by atoms with Crippen LogP contribution in [0.2, 0.25) is 0 Å². The van der Waals surface area contributed by atoms with Gasteiger partial charge in [-0.1, -0.05) is 23.5 Å². The fourth-order valence-corrected chi connectivity index (χ4v) is 3.46. The lowest BCUT2D eigenvalue weighted by atomic mass is 10.2. The number of rotatable bonds is 4. The van der Waals surface area contributed by atoms with Crippen molar-refractivity contribution in [1.82, 2.24) is 4.98 Å². The Balaban J connectivity index is 1.80. The number of thiazole rings is 1. The summed E-state index contributed by atoms with van der Waals surface area (Å²) in [4.78, 5) is 4.49. The van der Waals surface area contributed by atoms with Crippen molar-refractivity contribution < 1.29 is 9.84 Å². The van der Waals surface area contributed by atoms with E-state index in [1.807, 2.05) is 12.1 Å². The standard InChI is InChI=1S/C16H14BrN3O2S/c1-9-4-3-5-12-15(9)23-16(19-12)20-18-8-10-6-11(17)14(21)13(7-10)22-2/h3-8,21H,1-2H3,(H,19,20)/b18-8-. The van der Waals surface area contributed by atoms with Crippen LogP contribution in [0.1, 0.15) is 11.1 Å². The first-order chi connectivity index (χ1) is 11.1. The fraction of sp³-hybridized carbons (Fsp3) is 0.125. The first kappa shape index (κ1) is 15.8. The molecule has 0 fully saturated rings. The summed E-state index contributed by atoms with van der Waals surface area (Å²) in [7, 11) is 1.50. The molecule has 0 radical (unpaired) electrons. The van der Waals surface area contributed by atoms with Crippen molar-refractivity contribution in [2.24, 2.45) is 5.10 Å². The summed E-state index contributed by atoms with van der Waals surface area (Å²) >= 11 is 4.85. The van der Waals surface area contributed by atoms with Crippen LogP contribution < -0.4 is 10.2 Å². The number of phenolic OH excluding ortho intramolecular Hbond substituents is 1. The predicted molar refractivity (Wildman–Crippen MR) is 97.9 cm³/mol. The zero-order chi connectivity index (χ0) is 16.4. The maximum atomic E-state index is 9.79. The summed E-state index contributed by atoms with van der Waals surface area (Å²) in [5.41, 5.74) is 5.89. The van der Waals surface area contributed by atoms with Gasteiger partial charge in [-0.25, -0.2) is 4.98 Å². The van der Waals surface area contributed by atoms with Gasteiger partial charge in [0.1, 0.15) is 0 Å². The molecule has 1 heterocycles. The minimum absolute atomic E-state index is 0.0688. The zero-order valence-electron chi connectivity index (χ0n) is 12.5. The van der Waals surface area contributed by atoms with Gasteiger partial charge in [0.05, 0.1) is 28.0 Å². The molecule has 0 spiro atoms. The minimum atomic E-state index is 0.0688. The number of hydrogen-bond donors (Lipinski definition) is 2. The van der Waals surface area contributed by atoms with Gasteiger partial charge in [0.25, 0.3) is 0 Å². The molecule has 2 aromatic carbocycles. The van der Waals surface area contributed by atoms with Crippen molar-refractivity contribution >= 4 is 48.8 Å². The van der Waals surface area contributed by atoms with E-state index in [4.69, 9.17) is 4.74 Å². The molecule has 118 valence electrons. The van der Waals surface area contributed by atoms with E-state index in [-0.39, 0.29) is 5.75 Å². The second-order valence-corrected chi connectivity index (χ2v) is 6.72. The van der Waals surface area contributed by atoms with Gasteiger partial charge in [-0.3, -0.25) is 5.43 Å². The van der Waals surface area contributed by atoms with E-state index in [9.17, 15) is 5.11 Å². The van der Waals surface area contributed by atoms with Gasteiger partial charge < -0.3 is 9.84 Å². The molecule has 0 atom stereocenters. The van der Waals surface area contributed by atoms with Gasteiger partial charge >= 0.3 is 0 Å². The molecular formula is C16H14BrN3O2S. The molecule has 0 aliphatic carbocycles. The van der Waals surface area contributed by atoms with Crippen molar-refractivity contribution in [3.05, 3.63) is 45.9 Å². The van der Waals surface area contributed by atoms with Crippen molar-refractivity contribution in [2.45, 2.75) is 6.92 Å². The van der Waals surface area contributed by atoms with Crippen LogP contribution in [-0.2, 0) is 0 Å². The number of aromatic hydroxyl groups is 1. The Hall–Kier alpha value is -2.12. The van der Waals surface area contributed by atoms with Crippen LogP contribution >= 0.6 is 27.3 Å². The predicted octanol–water partition coefficient (Wildman–Crippen LogP) is 4.53. The van der Waals surface area contributed by atoms with Crippen molar-refractivity contribution in [2.75, 3.05) is 12.5 Å². The highest BCUT2D eigenvalue weighted by Crippen LogP contribution is 2.34. The van der Waals surface area contributed by atoms with E-state index < -0.39 is 0 Å². The van der Waals surface area contributed by atoms with Gasteiger partial charge in [0.15, 0.2) is 11.5 Å². The lowest BCUT2D eigenvalue weighted by molar-refractivity contribution is 0.372. The summed E-state index contributed by atoms with van der Waals surface area (Å²) < 4.78 is 6.81. The second kappa shape index (κ2) is 6.55. The molecule has 3 rings (SSSR count). The number of fused-ring (bicyclic) bond motifs is 1. The molecule has 3 aromatic rings. The van der Waals surface area contributed by atoms with E-state index in [0.717, 1.165) is 20.9 Å². The third-order valence-corrected chi connectivity index (χ3v) is 4.97. The van der Waals surface area contributed by atoms with Gasteiger partial charge in [-0.15, -0.1) is 0 Å². The number of nitrogens with one attached hydrogen (secondary N) is 1. The lowest BCUT2D eigenvalue weighted by Gasteiger charge is -2.06. The maximum Gasteiger partial charge on any atom is 0.204 e. The summed E-state index contributed by atoms with van der Waals surface area (Å²) in [5.74, 6) is 0.454. The number of methoxy groups -OCH3 is 1. The Morgan fingerprint density at radius 2 is 2.22 bits per heavy atom. The SMILES string of the molecule is COc1cc(/C=N\Nc2nc3cccc(C)c3s2)cc(Br)c1O. The van der Waals surface area contributed by atoms with Crippen LogP contribution in [0.4, 0.5) is 5.13 Å². The van der Waals surface area contributed by atoms with Crippen LogP contribution in [0, 0.1) is 6.92 Å². The van der Waals surface area contributed by atoms with E-state index in [2.05, 4.69) is 44.4 Å². The van der Waals surface area contributed by atoms with Crippen molar-refractivity contribution in [3.63, 3.8) is 0 Å². The van der Waals surface area contributed by atoms with Crippen LogP contribution in [0.25, 0.3) is 10.2 Å². The van der Waals surface area contributed by atoms with E-state index in [0.29, 0.717) is 10.2 Å². The Labute approximate surface area is 145 Å². The molecule has 0 aliphatic rings. The van der Waals surface area contributed by atoms with Crippen LogP contribution in [0.3, 0.4) is 0 Å². The molecular weight excluding hydrogens is 378 g/mol. The number of anilines is 1. The highest BCUT2D eigenvalue weighted by atomic mass is 79.9.